The van der Waals surface area contributed by atoms with Gasteiger partial charge < -0.3 is 10.4 Å². The van der Waals surface area contributed by atoms with Crippen molar-refractivity contribution in [3.05, 3.63) is 12.7 Å². The lowest BCUT2D eigenvalue weighted by Gasteiger charge is -2.05. The normalized spacial score (nSPS) is 10.6. The summed E-state index contributed by atoms with van der Waals surface area (Å²) < 4.78 is 1.47. The first kappa shape index (κ1) is 12.7. The second-order valence-corrected chi connectivity index (χ2v) is 4.32. The van der Waals surface area contributed by atoms with Gasteiger partial charge in [-0.2, -0.15) is 24.7 Å². The van der Waals surface area contributed by atoms with Gasteiger partial charge in [0.15, 0.2) is 5.16 Å². The predicted octanol–water partition coefficient (Wildman–Crippen LogP) is -0.0315. The summed E-state index contributed by atoms with van der Waals surface area (Å²) in [6, 6.07) is 0. The molecule has 0 bridgehead atoms. The van der Waals surface area contributed by atoms with Crippen LogP contribution in [0.2, 0.25) is 0 Å². The molecule has 18 heavy (non-hydrogen) atoms. The van der Waals surface area contributed by atoms with Crippen molar-refractivity contribution in [2.24, 2.45) is 0 Å². The third kappa shape index (κ3) is 3.14. The molecular formula is C9H13N7OS. The van der Waals surface area contributed by atoms with E-state index in [-0.39, 0.29) is 6.61 Å². The van der Waals surface area contributed by atoms with Gasteiger partial charge in [0.1, 0.15) is 12.7 Å². The molecule has 2 aromatic heterocycles. The first-order chi connectivity index (χ1) is 8.83. The summed E-state index contributed by atoms with van der Waals surface area (Å²) in [4.78, 5) is 16.5. The fourth-order valence-electron chi connectivity index (χ4n) is 1.16. The smallest absolute Gasteiger partial charge is 0.257 e. The molecule has 2 rings (SSSR count). The Morgan fingerprint density at radius 3 is 2.94 bits per heavy atom. The first-order valence-electron chi connectivity index (χ1n) is 5.36. The molecule has 8 nitrogen and oxygen atoms in total. The molecule has 0 atom stereocenters. The molecule has 0 aliphatic rings. The van der Waals surface area contributed by atoms with Crippen molar-refractivity contribution in [1.29, 1.82) is 0 Å². The van der Waals surface area contributed by atoms with Gasteiger partial charge in [-0.3, -0.25) is 0 Å². The van der Waals surface area contributed by atoms with Gasteiger partial charge in [-0.25, -0.2) is 4.98 Å². The average Bonchev–Trinajstić information content (AvgIpc) is 2.92. The van der Waals surface area contributed by atoms with Crippen molar-refractivity contribution in [3.63, 3.8) is 0 Å². The van der Waals surface area contributed by atoms with E-state index in [1.807, 2.05) is 0 Å². The molecule has 0 saturated heterocycles. The van der Waals surface area contributed by atoms with Crippen LogP contribution in [0.4, 0.5) is 5.95 Å². The highest BCUT2D eigenvalue weighted by Gasteiger charge is 2.08. The number of hydrogen-bond donors (Lipinski definition) is 2. The van der Waals surface area contributed by atoms with Crippen molar-refractivity contribution in [2.75, 3.05) is 24.7 Å². The summed E-state index contributed by atoms with van der Waals surface area (Å²) in [5.41, 5.74) is 0. The maximum absolute atomic E-state index is 8.75. The number of nitrogens with one attached hydrogen (secondary N) is 1. The Labute approximate surface area is 108 Å². The molecule has 0 saturated carbocycles. The molecule has 9 heteroatoms. The molecule has 2 N–H and O–H groups in total. The maximum Gasteiger partial charge on any atom is 0.257 e. The third-order valence-electron chi connectivity index (χ3n) is 1.98. The van der Waals surface area contributed by atoms with E-state index in [2.05, 4.69) is 30.4 Å². The van der Waals surface area contributed by atoms with Crippen molar-refractivity contribution in [3.8, 4) is 5.95 Å². The molecule has 0 fully saturated rings. The zero-order valence-electron chi connectivity index (χ0n) is 9.81. The SMILES string of the molecule is CNc1nc(SCCCO)nc(-n2cncn2)n1. The molecule has 2 aromatic rings. The fourth-order valence-corrected chi connectivity index (χ4v) is 1.92. The van der Waals surface area contributed by atoms with Gasteiger partial charge in [0.25, 0.3) is 5.95 Å². The van der Waals surface area contributed by atoms with Gasteiger partial charge in [-0.15, -0.1) is 0 Å². The number of hydrogen-bond acceptors (Lipinski definition) is 8. The van der Waals surface area contributed by atoms with E-state index in [4.69, 9.17) is 5.11 Å². The second-order valence-electron chi connectivity index (χ2n) is 3.26. The molecule has 96 valence electrons. The van der Waals surface area contributed by atoms with Gasteiger partial charge >= 0.3 is 0 Å². The Hall–Kier alpha value is -1.74. The van der Waals surface area contributed by atoms with Crippen LogP contribution in [0.5, 0.6) is 0 Å². The lowest BCUT2D eigenvalue weighted by atomic mass is 10.5. The molecule has 0 aliphatic heterocycles. The minimum absolute atomic E-state index is 0.160. The lowest BCUT2D eigenvalue weighted by Crippen LogP contribution is -2.08. The number of nitrogens with zero attached hydrogens (tertiary/aromatic N) is 6. The zero-order chi connectivity index (χ0) is 12.8. The van der Waals surface area contributed by atoms with Gasteiger partial charge in [-0.1, -0.05) is 11.8 Å². The molecule has 0 unspecified atom stereocenters. The molecule has 0 spiro atoms. The number of aromatic nitrogens is 6. The van der Waals surface area contributed by atoms with E-state index in [0.29, 0.717) is 23.5 Å². The summed E-state index contributed by atoms with van der Waals surface area (Å²) in [5, 5.41) is 16.2. The first-order valence-corrected chi connectivity index (χ1v) is 6.34. The topological polar surface area (TPSA) is 102 Å². The van der Waals surface area contributed by atoms with Gasteiger partial charge in [0, 0.05) is 19.4 Å². The zero-order valence-corrected chi connectivity index (χ0v) is 10.6. The van der Waals surface area contributed by atoms with Gasteiger partial charge in [0.05, 0.1) is 0 Å². The average molecular weight is 267 g/mol. The molecule has 0 aliphatic carbocycles. The predicted molar refractivity (Wildman–Crippen MR) is 66.7 cm³/mol. The minimum Gasteiger partial charge on any atom is -0.396 e. The Balaban J connectivity index is 2.22. The van der Waals surface area contributed by atoms with Gasteiger partial charge in [-0.05, 0) is 6.42 Å². The van der Waals surface area contributed by atoms with E-state index in [1.54, 1.807) is 7.05 Å². The highest BCUT2D eigenvalue weighted by atomic mass is 32.2. The number of thioether (sulfide) groups is 1. The second kappa shape index (κ2) is 6.26. The van der Waals surface area contributed by atoms with Crippen molar-refractivity contribution in [1.82, 2.24) is 29.7 Å². The molecule has 2 heterocycles. The van der Waals surface area contributed by atoms with Crippen LogP contribution in [0.3, 0.4) is 0 Å². The summed E-state index contributed by atoms with van der Waals surface area (Å²) in [6.45, 7) is 0.160. The molecule has 0 aromatic carbocycles. The van der Waals surface area contributed by atoms with Crippen LogP contribution in [-0.4, -0.2) is 54.2 Å². The Morgan fingerprint density at radius 2 is 2.28 bits per heavy atom. The van der Waals surface area contributed by atoms with Crippen LogP contribution in [0.25, 0.3) is 5.95 Å². The summed E-state index contributed by atoms with van der Waals surface area (Å²) in [6.07, 6.45) is 3.64. The van der Waals surface area contributed by atoms with Crippen LogP contribution < -0.4 is 5.32 Å². The molecule has 0 amide bonds. The van der Waals surface area contributed by atoms with Crippen LogP contribution in [0.1, 0.15) is 6.42 Å². The largest absolute Gasteiger partial charge is 0.396 e. The maximum atomic E-state index is 8.75. The Bertz CT molecular complexity index is 490. The Morgan fingerprint density at radius 1 is 1.39 bits per heavy atom. The quantitative estimate of drug-likeness (QED) is 0.555. The summed E-state index contributed by atoms with van der Waals surface area (Å²) in [7, 11) is 1.74. The lowest BCUT2D eigenvalue weighted by molar-refractivity contribution is 0.296. The van der Waals surface area contributed by atoms with Gasteiger partial charge in [0.2, 0.25) is 5.95 Å². The molecular weight excluding hydrogens is 254 g/mol. The van der Waals surface area contributed by atoms with Crippen LogP contribution in [0, 0.1) is 0 Å². The Kier molecular flexibility index (Phi) is 4.42. The number of aliphatic hydroxyl groups is 1. The van der Waals surface area contributed by atoms with E-state index in [9.17, 15) is 0 Å². The monoisotopic (exact) mass is 267 g/mol. The fraction of sp³-hybridized carbons (Fsp3) is 0.444. The van der Waals surface area contributed by atoms with Crippen molar-refractivity contribution < 1.29 is 5.11 Å². The van der Waals surface area contributed by atoms with Crippen LogP contribution in [0.15, 0.2) is 17.8 Å². The number of rotatable bonds is 6. The summed E-state index contributed by atoms with van der Waals surface area (Å²) >= 11 is 1.46. The highest BCUT2D eigenvalue weighted by molar-refractivity contribution is 7.99. The number of aliphatic hydroxyl groups excluding tert-OH is 1. The van der Waals surface area contributed by atoms with Crippen molar-refractivity contribution in [2.45, 2.75) is 11.6 Å². The van der Waals surface area contributed by atoms with E-state index >= 15 is 0 Å². The standard InChI is InChI=1S/C9H13N7OS/c1-10-7-13-8(16-6-11-5-12-16)15-9(14-7)18-4-2-3-17/h5-6,17H,2-4H2,1H3,(H,10,13,14,15). The number of anilines is 1. The van der Waals surface area contributed by atoms with E-state index < -0.39 is 0 Å². The van der Waals surface area contributed by atoms with Crippen LogP contribution >= 0.6 is 11.8 Å². The van der Waals surface area contributed by atoms with E-state index in [0.717, 1.165) is 5.75 Å². The highest BCUT2D eigenvalue weighted by Crippen LogP contribution is 2.16. The molecule has 0 radical (unpaired) electrons. The van der Waals surface area contributed by atoms with E-state index in [1.165, 1.54) is 29.1 Å². The van der Waals surface area contributed by atoms with Crippen LogP contribution in [-0.2, 0) is 0 Å². The minimum atomic E-state index is 0.160. The third-order valence-corrected chi connectivity index (χ3v) is 2.92. The van der Waals surface area contributed by atoms with Crippen molar-refractivity contribution >= 4 is 17.7 Å². The summed E-state index contributed by atoms with van der Waals surface area (Å²) in [5.74, 6) is 1.64.